The molecule has 0 aliphatic rings. The highest BCUT2D eigenvalue weighted by Crippen LogP contribution is 1.95. The molecular weight excluding hydrogens is 176 g/mol. The third kappa shape index (κ3) is 3.89. The fraction of sp³-hybridized carbons (Fsp3) is 0.700. The zero-order valence-electron chi connectivity index (χ0n) is 8.87. The van der Waals surface area contributed by atoms with Gasteiger partial charge in [0.15, 0.2) is 0 Å². The highest BCUT2D eigenvalue weighted by Gasteiger charge is 1.96. The van der Waals surface area contributed by atoms with Crippen molar-refractivity contribution in [3.63, 3.8) is 0 Å². The summed E-state index contributed by atoms with van der Waals surface area (Å²) in [5, 5.41) is 3.35. The molecule has 0 aliphatic heterocycles. The fourth-order valence-electron chi connectivity index (χ4n) is 1.29. The Morgan fingerprint density at radius 2 is 2.43 bits per heavy atom. The summed E-state index contributed by atoms with van der Waals surface area (Å²) in [7, 11) is 0. The monoisotopic (exact) mass is 196 g/mol. The number of nitrogens with two attached hydrogens (primary N) is 1. The van der Waals surface area contributed by atoms with Crippen LogP contribution in [-0.4, -0.2) is 22.6 Å². The van der Waals surface area contributed by atoms with Gasteiger partial charge in [0.05, 0.1) is 12.0 Å². The molecule has 3 N–H and O–H groups in total. The molecule has 1 heterocycles. The second kappa shape index (κ2) is 6.56. The first kappa shape index (κ1) is 11.2. The van der Waals surface area contributed by atoms with Crippen LogP contribution in [0.5, 0.6) is 0 Å². The smallest absolute Gasteiger partial charge is 0.0950 e. The minimum atomic E-state index is 0.666. The second-order valence-electron chi connectivity index (χ2n) is 3.42. The lowest BCUT2D eigenvalue weighted by Gasteiger charge is -2.00. The van der Waals surface area contributed by atoms with Gasteiger partial charge in [0.2, 0.25) is 0 Å². The summed E-state index contributed by atoms with van der Waals surface area (Å²) in [6.45, 7) is 5.64. The average molecular weight is 196 g/mol. The third-order valence-corrected chi connectivity index (χ3v) is 2.09. The van der Waals surface area contributed by atoms with Crippen LogP contribution in [-0.2, 0) is 13.1 Å². The van der Waals surface area contributed by atoms with E-state index >= 15 is 0 Å². The van der Waals surface area contributed by atoms with E-state index in [1.807, 2.05) is 17.1 Å². The summed E-state index contributed by atoms with van der Waals surface area (Å²) in [5.74, 6) is 0. The van der Waals surface area contributed by atoms with Crippen molar-refractivity contribution in [1.82, 2.24) is 14.9 Å². The van der Waals surface area contributed by atoms with Gasteiger partial charge in [-0.15, -0.1) is 0 Å². The van der Waals surface area contributed by atoms with Crippen LogP contribution < -0.4 is 11.1 Å². The van der Waals surface area contributed by atoms with Crippen molar-refractivity contribution in [2.45, 2.75) is 32.9 Å². The van der Waals surface area contributed by atoms with Crippen LogP contribution in [0.1, 0.15) is 25.5 Å². The maximum Gasteiger partial charge on any atom is 0.0950 e. The van der Waals surface area contributed by atoms with Crippen LogP contribution in [0.3, 0.4) is 0 Å². The van der Waals surface area contributed by atoms with Gasteiger partial charge in [-0.2, -0.15) is 0 Å². The molecule has 4 heteroatoms. The number of imidazole rings is 1. The first-order valence-electron chi connectivity index (χ1n) is 5.28. The second-order valence-corrected chi connectivity index (χ2v) is 3.42. The predicted molar refractivity (Wildman–Crippen MR) is 57.9 cm³/mol. The summed E-state index contributed by atoms with van der Waals surface area (Å²) in [4.78, 5) is 4.28. The molecule has 0 saturated carbocycles. The van der Waals surface area contributed by atoms with Gasteiger partial charge in [0.25, 0.3) is 0 Å². The molecule has 0 amide bonds. The van der Waals surface area contributed by atoms with E-state index in [1.165, 1.54) is 12.8 Å². The van der Waals surface area contributed by atoms with E-state index in [0.29, 0.717) is 6.54 Å². The van der Waals surface area contributed by atoms with Crippen molar-refractivity contribution >= 4 is 0 Å². The summed E-state index contributed by atoms with van der Waals surface area (Å²) >= 11 is 0. The molecule has 80 valence electrons. The first-order valence-corrected chi connectivity index (χ1v) is 5.28. The number of nitrogens with zero attached hydrogens (tertiary/aromatic N) is 2. The van der Waals surface area contributed by atoms with Crippen LogP contribution in [0, 0.1) is 0 Å². The molecule has 4 nitrogen and oxygen atoms in total. The van der Waals surface area contributed by atoms with Crippen molar-refractivity contribution in [2.24, 2.45) is 5.73 Å². The quantitative estimate of drug-likeness (QED) is 0.632. The Kier molecular flexibility index (Phi) is 5.25. The Morgan fingerprint density at radius 3 is 3.14 bits per heavy atom. The van der Waals surface area contributed by atoms with Crippen LogP contribution >= 0.6 is 0 Å². The number of hydrogen-bond donors (Lipinski definition) is 2. The van der Waals surface area contributed by atoms with Crippen LogP contribution in [0.2, 0.25) is 0 Å². The van der Waals surface area contributed by atoms with Gasteiger partial charge in [-0.05, 0) is 13.0 Å². The van der Waals surface area contributed by atoms with Crippen molar-refractivity contribution in [3.8, 4) is 0 Å². The van der Waals surface area contributed by atoms with Gasteiger partial charge in [0.1, 0.15) is 0 Å². The molecule has 1 rings (SSSR count). The highest BCUT2D eigenvalue weighted by atomic mass is 15.0. The summed E-state index contributed by atoms with van der Waals surface area (Å²) in [6.07, 6.45) is 6.34. The van der Waals surface area contributed by atoms with E-state index in [0.717, 1.165) is 25.3 Å². The zero-order valence-corrected chi connectivity index (χ0v) is 8.87. The number of rotatable bonds is 7. The molecule has 0 atom stereocenters. The standard InChI is InChI=1S/C10H20N4/c1-2-3-5-12-7-10-8-14(6-4-11)9-13-10/h8-9,12H,2-7,11H2,1H3. The van der Waals surface area contributed by atoms with Crippen molar-refractivity contribution in [3.05, 3.63) is 18.2 Å². The van der Waals surface area contributed by atoms with E-state index in [-0.39, 0.29) is 0 Å². The first-order chi connectivity index (χ1) is 6.86. The van der Waals surface area contributed by atoms with Gasteiger partial charge in [0, 0.05) is 25.8 Å². The minimum Gasteiger partial charge on any atom is -0.336 e. The normalized spacial score (nSPS) is 10.7. The van der Waals surface area contributed by atoms with E-state index in [1.54, 1.807) is 0 Å². The third-order valence-electron chi connectivity index (χ3n) is 2.09. The van der Waals surface area contributed by atoms with E-state index in [2.05, 4.69) is 17.2 Å². The van der Waals surface area contributed by atoms with Gasteiger partial charge in [-0.25, -0.2) is 4.98 Å². The van der Waals surface area contributed by atoms with E-state index in [4.69, 9.17) is 5.73 Å². The summed E-state index contributed by atoms with van der Waals surface area (Å²) in [5.41, 5.74) is 6.54. The maximum absolute atomic E-state index is 5.45. The zero-order chi connectivity index (χ0) is 10.2. The Morgan fingerprint density at radius 1 is 1.57 bits per heavy atom. The Bertz CT molecular complexity index is 244. The molecule has 14 heavy (non-hydrogen) atoms. The molecule has 0 spiro atoms. The largest absolute Gasteiger partial charge is 0.336 e. The molecule has 1 aromatic rings. The molecule has 0 radical (unpaired) electrons. The number of unbranched alkanes of at least 4 members (excludes halogenated alkanes) is 1. The lowest BCUT2D eigenvalue weighted by molar-refractivity contribution is 0.633. The molecular formula is C10H20N4. The maximum atomic E-state index is 5.45. The van der Waals surface area contributed by atoms with Crippen molar-refractivity contribution in [2.75, 3.05) is 13.1 Å². The molecule has 1 aromatic heterocycles. The van der Waals surface area contributed by atoms with Crippen LogP contribution in [0.4, 0.5) is 0 Å². The SMILES string of the molecule is CCCCNCc1cn(CCN)cn1. The molecule has 0 aliphatic carbocycles. The number of aromatic nitrogens is 2. The summed E-state index contributed by atoms with van der Waals surface area (Å²) in [6, 6.07) is 0. The highest BCUT2D eigenvalue weighted by molar-refractivity contribution is 4.96. The average Bonchev–Trinajstić information content (AvgIpc) is 2.61. The summed E-state index contributed by atoms with van der Waals surface area (Å²) < 4.78 is 2.02. The van der Waals surface area contributed by atoms with Crippen molar-refractivity contribution < 1.29 is 0 Å². The van der Waals surface area contributed by atoms with Gasteiger partial charge >= 0.3 is 0 Å². The minimum absolute atomic E-state index is 0.666. The topological polar surface area (TPSA) is 55.9 Å². The molecule has 0 aromatic carbocycles. The Balaban J connectivity index is 2.22. The Labute approximate surface area is 85.5 Å². The molecule has 0 bridgehead atoms. The molecule has 0 unspecified atom stereocenters. The lowest BCUT2D eigenvalue weighted by atomic mass is 10.3. The van der Waals surface area contributed by atoms with Crippen molar-refractivity contribution in [1.29, 1.82) is 0 Å². The van der Waals surface area contributed by atoms with Crippen LogP contribution in [0.25, 0.3) is 0 Å². The molecule has 0 fully saturated rings. The number of nitrogens with one attached hydrogen (secondary N) is 1. The fourth-order valence-corrected chi connectivity index (χ4v) is 1.29. The predicted octanol–water partition coefficient (Wildman–Crippen LogP) is 0.731. The molecule has 0 saturated heterocycles. The van der Waals surface area contributed by atoms with Crippen LogP contribution in [0.15, 0.2) is 12.5 Å². The van der Waals surface area contributed by atoms with Gasteiger partial charge < -0.3 is 15.6 Å². The van der Waals surface area contributed by atoms with Gasteiger partial charge in [-0.1, -0.05) is 13.3 Å². The van der Waals surface area contributed by atoms with Gasteiger partial charge in [-0.3, -0.25) is 0 Å². The number of hydrogen-bond acceptors (Lipinski definition) is 3. The van der Waals surface area contributed by atoms with E-state index < -0.39 is 0 Å². The lowest BCUT2D eigenvalue weighted by Crippen LogP contribution is -2.14. The Hall–Kier alpha value is -0.870. The van der Waals surface area contributed by atoms with E-state index in [9.17, 15) is 0 Å².